The highest BCUT2D eigenvalue weighted by Crippen LogP contribution is 2.27. The molecule has 0 aliphatic heterocycles. The van der Waals surface area contributed by atoms with E-state index in [1.807, 2.05) is 0 Å². The van der Waals surface area contributed by atoms with Gasteiger partial charge in [-0.15, -0.1) is 0 Å². The number of halogens is 3. The first kappa shape index (κ1) is 15.9. The van der Waals surface area contributed by atoms with Gasteiger partial charge in [0.1, 0.15) is 11.6 Å². The van der Waals surface area contributed by atoms with Crippen LogP contribution in [0.15, 0.2) is 30.3 Å². The summed E-state index contributed by atoms with van der Waals surface area (Å²) in [5.41, 5.74) is 2.57. The van der Waals surface area contributed by atoms with E-state index < -0.39 is 0 Å². The molecular formula is C17H18ClF2N. The molecule has 0 fully saturated rings. The third kappa shape index (κ3) is 3.42. The molecule has 0 spiro atoms. The largest absolute Gasteiger partial charge is 0.313 e. The first-order chi connectivity index (χ1) is 9.93. The van der Waals surface area contributed by atoms with E-state index in [9.17, 15) is 8.78 Å². The zero-order valence-electron chi connectivity index (χ0n) is 12.3. The molecule has 0 saturated carbocycles. The van der Waals surface area contributed by atoms with E-state index in [2.05, 4.69) is 5.32 Å². The predicted molar refractivity (Wildman–Crippen MR) is 82.8 cm³/mol. The van der Waals surface area contributed by atoms with Crippen molar-refractivity contribution in [2.24, 2.45) is 0 Å². The second kappa shape index (κ2) is 6.54. The van der Waals surface area contributed by atoms with Gasteiger partial charge in [-0.2, -0.15) is 0 Å². The molecule has 21 heavy (non-hydrogen) atoms. The fourth-order valence-corrected chi connectivity index (χ4v) is 2.74. The van der Waals surface area contributed by atoms with Crippen molar-refractivity contribution >= 4 is 11.6 Å². The van der Waals surface area contributed by atoms with Gasteiger partial charge in [0, 0.05) is 16.6 Å². The highest BCUT2D eigenvalue weighted by molar-refractivity contribution is 6.31. The number of aryl methyl sites for hydroxylation is 2. The SMILES string of the molecule is CNC(Cc1c(F)cccc1Cl)c1cc(C)c(F)c(C)c1. The minimum atomic E-state index is -0.321. The van der Waals surface area contributed by atoms with Crippen molar-refractivity contribution in [3.8, 4) is 0 Å². The smallest absolute Gasteiger partial charge is 0.129 e. The van der Waals surface area contributed by atoms with Gasteiger partial charge in [-0.3, -0.25) is 0 Å². The Morgan fingerprint density at radius 3 is 2.29 bits per heavy atom. The molecule has 1 nitrogen and oxygen atoms in total. The number of rotatable bonds is 4. The van der Waals surface area contributed by atoms with Crippen molar-refractivity contribution in [2.45, 2.75) is 26.3 Å². The van der Waals surface area contributed by atoms with Crippen LogP contribution in [-0.2, 0) is 6.42 Å². The van der Waals surface area contributed by atoms with Crippen molar-refractivity contribution in [3.05, 3.63) is 69.2 Å². The first-order valence-corrected chi connectivity index (χ1v) is 7.18. The lowest BCUT2D eigenvalue weighted by atomic mass is 9.95. The molecule has 0 amide bonds. The third-order valence-electron chi connectivity index (χ3n) is 3.68. The minimum Gasteiger partial charge on any atom is -0.313 e. The summed E-state index contributed by atoms with van der Waals surface area (Å²) < 4.78 is 27.6. The van der Waals surface area contributed by atoms with Gasteiger partial charge in [-0.05, 0) is 56.1 Å². The van der Waals surface area contributed by atoms with Crippen molar-refractivity contribution in [1.82, 2.24) is 5.32 Å². The van der Waals surface area contributed by atoms with E-state index in [1.54, 1.807) is 45.2 Å². The number of benzene rings is 2. The number of hydrogen-bond donors (Lipinski definition) is 1. The Labute approximate surface area is 128 Å². The second-order valence-corrected chi connectivity index (χ2v) is 5.62. The van der Waals surface area contributed by atoms with Gasteiger partial charge in [0.15, 0.2) is 0 Å². The van der Waals surface area contributed by atoms with Crippen LogP contribution in [0.4, 0.5) is 8.78 Å². The molecule has 1 atom stereocenters. The Hall–Kier alpha value is -1.45. The quantitative estimate of drug-likeness (QED) is 0.860. The molecule has 0 aliphatic rings. The topological polar surface area (TPSA) is 12.0 Å². The maximum Gasteiger partial charge on any atom is 0.129 e. The van der Waals surface area contributed by atoms with Gasteiger partial charge in [0.2, 0.25) is 0 Å². The summed E-state index contributed by atoms with van der Waals surface area (Å²) >= 11 is 6.08. The van der Waals surface area contributed by atoms with Gasteiger partial charge < -0.3 is 5.32 Å². The maximum absolute atomic E-state index is 13.9. The van der Waals surface area contributed by atoms with Gasteiger partial charge in [0.05, 0.1) is 0 Å². The van der Waals surface area contributed by atoms with Crippen LogP contribution in [0, 0.1) is 25.5 Å². The normalized spacial score (nSPS) is 12.5. The molecule has 0 radical (unpaired) electrons. The summed E-state index contributed by atoms with van der Waals surface area (Å²) in [5, 5.41) is 3.56. The van der Waals surface area contributed by atoms with Crippen molar-refractivity contribution < 1.29 is 8.78 Å². The van der Waals surface area contributed by atoms with Gasteiger partial charge in [0.25, 0.3) is 0 Å². The van der Waals surface area contributed by atoms with Crippen LogP contribution in [0.2, 0.25) is 5.02 Å². The molecule has 0 aromatic heterocycles. The van der Waals surface area contributed by atoms with Crippen LogP contribution < -0.4 is 5.32 Å². The lowest BCUT2D eigenvalue weighted by Crippen LogP contribution is -2.20. The second-order valence-electron chi connectivity index (χ2n) is 5.21. The molecule has 0 aliphatic carbocycles. The van der Waals surface area contributed by atoms with Crippen molar-refractivity contribution in [2.75, 3.05) is 7.05 Å². The summed E-state index contributed by atoms with van der Waals surface area (Å²) in [6, 6.07) is 8.11. The Morgan fingerprint density at radius 1 is 1.14 bits per heavy atom. The average Bonchev–Trinajstić information content (AvgIpc) is 2.44. The molecule has 2 aromatic rings. The third-order valence-corrected chi connectivity index (χ3v) is 4.03. The maximum atomic E-state index is 13.9. The van der Waals surface area contributed by atoms with Gasteiger partial charge in [-0.25, -0.2) is 8.78 Å². The van der Waals surface area contributed by atoms with Crippen LogP contribution >= 0.6 is 11.6 Å². The van der Waals surface area contributed by atoms with Crippen LogP contribution in [-0.4, -0.2) is 7.05 Å². The van der Waals surface area contributed by atoms with E-state index in [0.717, 1.165) is 5.56 Å². The highest BCUT2D eigenvalue weighted by Gasteiger charge is 2.17. The molecule has 1 N–H and O–H groups in total. The predicted octanol–water partition coefficient (Wildman–Crippen LogP) is 4.74. The average molecular weight is 310 g/mol. The first-order valence-electron chi connectivity index (χ1n) is 6.80. The summed E-state index contributed by atoms with van der Waals surface area (Å²) in [7, 11) is 1.80. The van der Waals surface area contributed by atoms with Crippen LogP contribution in [0.5, 0.6) is 0 Å². The van der Waals surface area contributed by atoms with Gasteiger partial charge in [-0.1, -0.05) is 29.8 Å². The monoisotopic (exact) mass is 309 g/mol. The lowest BCUT2D eigenvalue weighted by molar-refractivity contribution is 0.550. The Kier molecular flexibility index (Phi) is 4.96. The number of likely N-dealkylation sites (N-methyl/N-ethyl adjacent to an activating group) is 1. The van der Waals surface area contributed by atoms with E-state index >= 15 is 0 Å². The van der Waals surface area contributed by atoms with Crippen LogP contribution in [0.3, 0.4) is 0 Å². The van der Waals surface area contributed by atoms with Crippen LogP contribution in [0.25, 0.3) is 0 Å². The zero-order chi connectivity index (χ0) is 15.6. The van der Waals surface area contributed by atoms with E-state index in [4.69, 9.17) is 11.6 Å². The molecular weight excluding hydrogens is 292 g/mol. The number of hydrogen-bond acceptors (Lipinski definition) is 1. The molecule has 2 rings (SSSR count). The standard InChI is InChI=1S/C17H18ClF2N/c1-10-7-12(8-11(2)17(10)20)16(21-3)9-13-14(18)5-4-6-15(13)19/h4-8,16,21H,9H2,1-3H3. The minimum absolute atomic E-state index is 0.127. The fraction of sp³-hybridized carbons (Fsp3) is 0.294. The zero-order valence-corrected chi connectivity index (χ0v) is 13.1. The van der Waals surface area contributed by atoms with E-state index in [0.29, 0.717) is 28.1 Å². The van der Waals surface area contributed by atoms with Crippen molar-refractivity contribution in [1.29, 1.82) is 0 Å². The van der Waals surface area contributed by atoms with E-state index in [-0.39, 0.29) is 17.7 Å². The van der Waals surface area contributed by atoms with E-state index in [1.165, 1.54) is 6.07 Å². The lowest BCUT2D eigenvalue weighted by Gasteiger charge is -2.19. The van der Waals surface area contributed by atoms with Gasteiger partial charge >= 0.3 is 0 Å². The molecule has 0 saturated heterocycles. The Bertz CT molecular complexity index is 612. The summed E-state index contributed by atoms with van der Waals surface area (Å²) in [6.07, 6.45) is 0.409. The Balaban J connectivity index is 2.37. The summed E-state index contributed by atoms with van der Waals surface area (Å²) in [4.78, 5) is 0. The summed E-state index contributed by atoms with van der Waals surface area (Å²) in [5.74, 6) is -0.518. The fourth-order valence-electron chi connectivity index (χ4n) is 2.50. The summed E-state index contributed by atoms with van der Waals surface area (Å²) in [6.45, 7) is 3.46. The molecule has 4 heteroatoms. The molecule has 0 heterocycles. The van der Waals surface area contributed by atoms with Crippen molar-refractivity contribution in [3.63, 3.8) is 0 Å². The molecule has 1 unspecified atom stereocenters. The molecule has 0 bridgehead atoms. The van der Waals surface area contributed by atoms with Crippen LogP contribution in [0.1, 0.15) is 28.3 Å². The number of nitrogens with one attached hydrogen (secondary N) is 1. The molecule has 2 aromatic carbocycles. The molecule has 112 valence electrons. The highest BCUT2D eigenvalue weighted by atomic mass is 35.5. The Morgan fingerprint density at radius 2 is 1.76 bits per heavy atom.